The Bertz CT molecular complexity index is 628. The molecule has 0 fully saturated rings. The van der Waals surface area contributed by atoms with E-state index in [0.717, 1.165) is 25.7 Å². The van der Waals surface area contributed by atoms with Gasteiger partial charge in [-0.1, -0.05) is 213 Å². The Labute approximate surface area is 287 Å². The van der Waals surface area contributed by atoms with Gasteiger partial charge < -0.3 is 19.6 Å². The molecule has 0 heterocycles. The highest BCUT2D eigenvalue weighted by molar-refractivity contribution is 7.46. The van der Waals surface area contributed by atoms with Gasteiger partial charge in [0.1, 0.15) is 6.10 Å². The molecule has 278 valence electrons. The van der Waals surface area contributed by atoms with Crippen molar-refractivity contribution in [2.24, 2.45) is 0 Å². The number of hydrogen-bond acceptors (Lipinski definition) is 4. The number of rotatable bonds is 39. The van der Waals surface area contributed by atoms with Gasteiger partial charge in [0, 0.05) is 6.61 Å². The summed E-state index contributed by atoms with van der Waals surface area (Å²) in [7, 11) is -4.60. The van der Waals surface area contributed by atoms with E-state index in [1.54, 1.807) is 0 Å². The zero-order valence-electron chi connectivity index (χ0n) is 30.9. The predicted octanol–water partition coefficient (Wildman–Crippen LogP) is 12.8. The minimum absolute atomic E-state index is 0.396. The van der Waals surface area contributed by atoms with Gasteiger partial charge in [-0.05, 0) is 12.8 Å². The monoisotopic (exact) mass is 677 g/mol. The molecule has 46 heavy (non-hydrogen) atoms. The highest BCUT2D eigenvalue weighted by atomic mass is 31.2. The van der Waals surface area contributed by atoms with Crippen molar-refractivity contribution in [2.45, 2.75) is 238 Å². The van der Waals surface area contributed by atoms with Crippen LogP contribution in [0.5, 0.6) is 0 Å². The van der Waals surface area contributed by atoms with Crippen molar-refractivity contribution in [3.05, 3.63) is 0 Å². The standard InChI is InChI=1S/C39H81O6P/c1-3-5-7-9-11-13-15-17-19-21-23-25-27-29-31-33-35-39(38(40)37-45-46(41,42)43)44-36-34-32-30-28-26-24-22-20-18-16-14-12-10-8-6-4-2/h38-40H,3-37H2,1-2H3,(H2,41,42,43). The van der Waals surface area contributed by atoms with Crippen LogP contribution in [0.25, 0.3) is 0 Å². The van der Waals surface area contributed by atoms with Gasteiger partial charge in [0.15, 0.2) is 0 Å². The quantitative estimate of drug-likeness (QED) is 0.0443. The molecule has 0 aliphatic rings. The van der Waals surface area contributed by atoms with Crippen LogP contribution in [0.15, 0.2) is 0 Å². The van der Waals surface area contributed by atoms with Crippen molar-refractivity contribution in [2.75, 3.05) is 13.2 Å². The van der Waals surface area contributed by atoms with Crippen LogP contribution in [-0.4, -0.2) is 40.3 Å². The fraction of sp³-hybridized carbons (Fsp3) is 1.00. The van der Waals surface area contributed by atoms with Gasteiger partial charge in [0.05, 0.1) is 12.7 Å². The third kappa shape index (κ3) is 36.9. The highest BCUT2D eigenvalue weighted by Gasteiger charge is 2.24. The van der Waals surface area contributed by atoms with Crippen LogP contribution in [0.2, 0.25) is 0 Å². The fourth-order valence-corrected chi connectivity index (χ4v) is 6.79. The molecule has 0 rings (SSSR count). The molecule has 2 atom stereocenters. The Balaban J connectivity index is 3.82. The summed E-state index contributed by atoms with van der Waals surface area (Å²) >= 11 is 0. The summed E-state index contributed by atoms with van der Waals surface area (Å²) in [5, 5.41) is 10.5. The summed E-state index contributed by atoms with van der Waals surface area (Å²) in [5.41, 5.74) is 0. The largest absolute Gasteiger partial charge is 0.469 e. The molecule has 0 aromatic rings. The second kappa shape index (κ2) is 36.3. The molecular weight excluding hydrogens is 595 g/mol. The molecule has 0 saturated heterocycles. The summed E-state index contributed by atoms with van der Waals surface area (Å²) in [6, 6.07) is 0. The Morgan fingerprint density at radius 1 is 0.457 bits per heavy atom. The number of phosphoric acid groups is 1. The van der Waals surface area contributed by atoms with E-state index in [1.807, 2.05) is 0 Å². The van der Waals surface area contributed by atoms with Crippen molar-refractivity contribution in [3.63, 3.8) is 0 Å². The fourth-order valence-electron chi connectivity index (χ4n) is 6.45. The van der Waals surface area contributed by atoms with E-state index >= 15 is 0 Å². The number of ether oxygens (including phenoxy) is 1. The third-order valence-electron chi connectivity index (χ3n) is 9.51. The van der Waals surface area contributed by atoms with Crippen molar-refractivity contribution < 1.29 is 28.7 Å². The second-order valence-corrected chi connectivity index (χ2v) is 15.4. The molecule has 0 aliphatic heterocycles. The zero-order chi connectivity index (χ0) is 33.8. The first-order valence-corrected chi connectivity index (χ1v) is 21.9. The average molecular weight is 677 g/mol. The lowest BCUT2D eigenvalue weighted by molar-refractivity contribution is -0.0620. The van der Waals surface area contributed by atoms with E-state index in [4.69, 9.17) is 14.5 Å². The first-order chi connectivity index (χ1) is 22.4. The second-order valence-electron chi connectivity index (χ2n) is 14.2. The molecule has 0 aromatic carbocycles. The molecule has 0 spiro atoms. The average Bonchev–Trinajstić information content (AvgIpc) is 3.03. The molecule has 0 bridgehead atoms. The van der Waals surface area contributed by atoms with Gasteiger partial charge in [-0.2, -0.15) is 0 Å². The lowest BCUT2D eigenvalue weighted by Gasteiger charge is -2.23. The van der Waals surface area contributed by atoms with Gasteiger partial charge in [0.2, 0.25) is 0 Å². The minimum Gasteiger partial charge on any atom is -0.388 e. The van der Waals surface area contributed by atoms with Gasteiger partial charge in [0.25, 0.3) is 0 Å². The number of aliphatic hydroxyl groups is 1. The van der Waals surface area contributed by atoms with Crippen LogP contribution in [-0.2, 0) is 13.8 Å². The summed E-state index contributed by atoms with van der Waals surface area (Å²) < 4.78 is 21.7. The smallest absolute Gasteiger partial charge is 0.388 e. The Hall–Kier alpha value is 0.0300. The first kappa shape index (κ1) is 46.0. The number of unbranched alkanes of at least 4 members (excludes halogenated alkanes) is 30. The van der Waals surface area contributed by atoms with E-state index in [0.29, 0.717) is 13.0 Å². The SMILES string of the molecule is CCCCCCCCCCCCCCCCCCOC(CCCCCCCCCCCCCCCCCC)C(O)COP(=O)(O)O. The summed E-state index contributed by atoms with van der Waals surface area (Å²) in [4.78, 5) is 18.1. The lowest BCUT2D eigenvalue weighted by Crippen LogP contribution is -2.33. The number of hydrogen-bond donors (Lipinski definition) is 3. The molecule has 0 aromatic heterocycles. The topological polar surface area (TPSA) is 96.2 Å². The maximum absolute atomic E-state index is 11.1. The van der Waals surface area contributed by atoms with Crippen LogP contribution in [0.3, 0.4) is 0 Å². The maximum atomic E-state index is 11.1. The first-order valence-electron chi connectivity index (χ1n) is 20.4. The molecule has 0 radical (unpaired) electrons. The van der Waals surface area contributed by atoms with E-state index in [9.17, 15) is 9.67 Å². The summed E-state index contributed by atoms with van der Waals surface area (Å²) in [6.45, 7) is 4.73. The molecule has 2 unspecified atom stereocenters. The van der Waals surface area contributed by atoms with Gasteiger partial charge in [-0.15, -0.1) is 0 Å². The van der Waals surface area contributed by atoms with Crippen molar-refractivity contribution in [1.82, 2.24) is 0 Å². The van der Waals surface area contributed by atoms with Gasteiger partial charge in [-0.25, -0.2) is 4.57 Å². The molecule has 6 nitrogen and oxygen atoms in total. The van der Waals surface area contributed by atoms with Crippen LogP contribution in [0, 0.1) is 0 Å². The third-order valence-corrected chi connectivity index (χ3v) is 10.0. The van der Waals surface area contributed by atoms with E-state index < -0.39 is 26.6 Å². The molecule has 0 aliphatic carbocycles. The minimum atomic E-state index is -4.60. The van der Waals surface area contributed by atoms with Gasteiger partial charge in [-0.3, -0.25) is 4.52 Å². The Morgan fingerprint density at radius 2 is 0.739 bits per heavy atom. The Morgan fingerprint density at radius 3 is 1.04 bits per heavy atom. The highest BCUT2D eigenvalue weighted by Crippen LogP contribution is 2.36. The molecule has 7 heteroatoms. The lowest BCUT2D eigenvalue weighted by atomic mass is 10.0. The molecule has 3 N–H and O–H groups in total. The molecule has 0 saturated carbocycles. The number of aliphatic hydroxyl groups excluding tert-OH is 1. The van der Waals surface area contributed by atoms with E-state index in [2.05, 4.69) is 18.4 Å². The van der Waals surface area contributed by atoms with Crippen LogP contribution in [0.4, 0.5) is 0 Å². The molecule has 0 amide bonds. The summed E-state index contributed by atoms with van der Waals surface area (Å²) in [5.74, 6) is 0. The van der Waals surface area contributed by atoms with E-state index in [-0.39, 0.29) is 0 Å². The maximum Gasteiger partial charge on any atom is 0.469 e. The normalized spacial score (nSPS) is 13.4. The molecular formula is C39H81O6P. The summed E-state index contributed by atoms with van der Waals surface area (Å²) in [6.07, 6.45) is 41.5. The van der Waals surface area contributed by atoms with Crippen molar-refractivity contribution >= 4 is 7.82 Å². The number of phosphoric ester groups is 1. The predicted molar refractivity (Wildman–Crippen MR) is 197 cm³/mol. The van der Waals surface area contributed by atoms with Gasteiger partial charge >= 0.3 is 7.82 Å². The van der Waals surface area contributed by atoms with Crippen LogP contribution >= 0.6 is 7.82 Å². The zero-order valence-corrected chi connectivity index (χ0v) is 31.8. The van der Waals surface area contributed by atoms with E-state index in [1.165, 1.54) is 180 Å². The van der Waals surface area contributed by atoms with Crippen molar-refractivity contribution in [1.29, 1.82) is 0 Å². The van der Waals surface area contributed by atoms with Crippen LogP contribution in [0.1, 0.15) is 226 Å². The van der Waals surface area contributed by atoms with Crippen LogP contribution < -0.4 is 0 Å². The van der Waals surface area contributed by atoms with Crippen molar-refractivity contribution in [3.8, 4) is 0 Å². The Kier molecular flexibility index (Phi) is 36.3.